The lowest BCUT2D eigenvalue weighted by atomic mass is 10.3. The number of hydrogen-bond acceptors (Lipinski definition) is 3. The van der Waals surface area contributed by atoms with E-state index in [0.29, 0.717) is 6.54 Å². The van der Waals surface area contributed by atoms with Gasteiger partial charge in [0, 0.05) is 18.0 Å². The first-order valence-electron chi connectivity index (χ1n) is 4.13. The number of amidine groups is 1. The second kappa shape index (κ2) is 4.76. The molecule has 1 aliphatic heterocycles. The van der Waals surface area contributed by atoms with Crippen LogP contribution in [-0.4, -0.2) is 17.7 Å². The Bertz CT molecular complexity index is 227. The van der Waals surface area contributed by atoms with E-state index in [0.717, 1.165) is 18.9 Å². The SMILES string of the molecule is CCCCN=C1C=C(F)NN(F)N1. The molecule has 1 heterocycles. The van der Waals surface area contributed by atoms with Gasteiger partial charge in [-0.05, 0) is 6.42 Å². The highest BCUT2D eigenvalue weighted by Gasteiger charge is 2.12. The summed E-state index contributed by atoms with van der Waals surface area (Å²) < 4.78 is 25.0. The summed E-state index contributed by atoms with van der Waals surface area (Å²) in [5, 5.41) is -0.0693. The van der Waals surface area contributed by atoms with E-state index >= 15 is 0 Å². The number of hydrazine groups is 2. The lowest BCUT2D eigenvalue weighted by Gasteiger charge is -2.19. The number of aliphatic imine (C=N–C) groups is 1. The summed E-state index contributed by atoms with van der Waals surface area (Å²) in [4.78, 5) is 3.94. The monoisotopic (exact) mass is 190 g/mol. The minimum Gasteiger partial charge on any atom is -0.267 e. The molecule has 0 aromatic rings. The molecule has 0 aliphatic carbocycles. The van der Waals surface area contributed by atoms with E-state index in [1.807, 2.05) is 6.92 Å². The van der Waals surface area contributed by atoms with Crippen molar-refractivity contribution in [2.75, 3.05) is 6.54 Å². The van der Waals surface area contributed by atoms with Crippen LogP contribution in [0.2, 0.25) is 0 Å². The first-order chi connectivity index (χ1) is 6.22. The van der Waals surface area contributed by atoms with E-state index in [-0.39, 0.29) is 11.2 Å². The van der Waals surface area contributed by atoms with E-state index in [4.69, 9.17) is 0 Å². The lowest BCUT2D eigenvalue weighted by Crippen LogP contribution is -2.47. The van der Waals surface area contributed by atoms with Gasteiger partial charge in [0.2, 0.25) is 5.95 Å². The van der Waals surface area contributed by atoms with Crippen LogP contribution in [0.25, 0.3) is 0 Å². The second-order valence-corrected chi connectivity index (χ2v) is 2.62. The molecule has 0 radical (unpaired) electrons. The van der Waals surface area contributed by atoms with Crippen LogP contribution in [0.4, 0.5) is 8.87 Å². The number of nitrogens with one attached hydrogen (secondary N) is 2. The third kappa shape index (κ3) is 3.37. The van der Waals surface area contributed by atoms with Gasteiger partial charge < -0.3 is 0 Å². The Labute approximate surface area is 75.2 Å². The standard InChI is InChI=1S/C7H12F2N4/c1-2-3-4-10-7-5-6(8)11-13(9)12-7/h5,11H,2-4H2,1H3,(H,10,12). The summed E-state index contributed by atoms with van der Waals surface area (Å²) in [7, 11) is 0. The number of hydrogen-bond donors (Lipinski definition) is 2. The largest absolute Gasteiger partial charge is 0.267 e. The van der Waals surface area contributed by atoms with Crippen molar-refractivity contribution in [1.82, 2.24) is 16.2 Å². The predicted octanol–water partition coefficient (Wildman–Crippen LogP) is 1.21. The van der Waals surface area contributed by atoms with Gasteiger partial charge in [-0.1, -0.05) is 17.8 Å². The van der Waals surface area contributed by atoms with Crippen molar-refractivity contribution >= 4 is 5.84 Å². The molecule has 4 nitrogen and oxygen atoms in total. The fraction of sp³-hybridized carbons (Fsp3) is 0.571. The molecular formula is C7H12F2N4. The molecule has 0 amide bonds. The Hall–Kier alpha value is -1.17. The average molecular weight is 190 g/mol. The van der Waals surface area contributed by atoms with Crippen LogP contribution in [-0.2, 0) is 0 Å². The molecule has 0 atom stereocenters. The van der Waals surface area contributed by atoms with Gasteiger partial charge in [-0.3, -0.25) is 10.4 Å². The van der Waals surface area contributed by atoms with Crippen molar-refractivity contribution in [3.8, 4) is 0 Å². The topological polar surface area (TPSA) is 39.7 Å². The van der Waals surface area contributed by atoms with E-state index in [1.54, 1.807) is 5.43 Å². The van der Waals surface area contributed by atoms with Gasteiger partial charge in [0.25, 0.3) is 0 Å². The lowest BCUT2D eigenvalue weighted by molar-refractivity contribution is -0.0613. The van der Waals surface area contributed by atoms with Crippen LogP contribution >= 0.6 is 0 Å². The summed E-state index contributed by atoms with van der Waals surface area (Å²) in [6.45, 7) is 2.59. The van der Waals surface area contributed by atoms with Crippen LogP contribution in [0.15, 0.2) is 17.0 Å². The van der Waals surface area contributed by atoms with Crippen LogP contribution in [0.1, 0.15) is 19.8 Å². The molecule has 74 valence electrons. The van der Waals surface area contributed by atoms with Crippen LogP contribution in [0.5, 0.6) is 0 Å². The quantitative estimate of drug-likeness (QED) is 0.399. The van der Waals surface area contributed by atoms with Gasteiger partial charge in [-0.15, -0.1) is 0 Å². The van der Waals surface area contributed by atoms with E-state index in [1.165, 1.54) is 0 Å². The molecule has 0 saturated heterocycles. The van der Waals surface area contributed by atoms with Crippen molar-refractivity contribution in [1.29, 1.82) is 0 Å². The fourth-order valence-electron chi connectivity index (χ4n) is 0.845. The summed E-state index contributed by atoms with van der Waals surface area (Å²) in [6, 6.07) is 0. The molecule has 0 fully saturated rings. The molecule has 0 unspecified atom stereocenters. The van der Waals surface area contributed by atoms with Gasteiger partial charge in [0.1, 0.15) is 5.84 Å². The third-order valence-corrected chi connectivity index (χ3v) is 1.47. The normalized spacial score (nSPS) is 20.8. The molecule has 1 aliphatic rings. The van der Waals surface area contributed by atoms with Gasteiger partial charge in [0.05, 0.1) is 0 Å². The highest BCUT2D eigenvalue weighted by Crippen LogP contribution is 2.00. The van der Waals surface area contributed by atoms with Crippen LogP contribution in [0, 0.1) is 0 Å². The summed E-state index contributed by atoms with van der Waals surface area (Å²) in [5.74, 6) is -0.580. The Morgan fingerprint density at radius 1 is 1.54 bits per heavy atom. The molecule has 0 bridgehead atoms. The second-order valence-electron chi connectivity index (χ2n) is 2.62. The highest BCUT2D eigenvalue weighted by molar-refractivity contribution is 5.93. The maximum atomic E-state index is 12.5. The summed E-state index contributed by atoms with van der Waals surface area (Å²) in [6.07, 6.45) is 3.01. The zero-order valence-corrected chi connectivity index (χ0v) is 7.35. The van der Waals surface area contributed by atoms with Crippen molar-refractivity contribution < 1.29 is 8.87 Å². The van der Waals surface area contributed by atoms with E-state index in [2.05, 4.69) is 10.4 Å². The Kier molecular flexibility index (Phi) is 3.63. The molecule has 0 aromatic carbocycles. The summed E-state index contributed by atoms with van der Waals surface area (Å²) in [5.41, 5.74) is 3.96. The smallest absolute Gasteiger partial charge is 0.208 e. The molecule has 2 N–H and O–H groups in total. The zero-order chi connectivity index (χ0) is 9.68. The van der Waals surface area contributed by atoms with Crippen molar-refractivity contribution in [2.24, 2.45) is 4.99 Å². The van der Waals surface area contributed by atoms with E-state index in [9.17, 15) is 8.87 Å². The maximum Gasteiger partial charge on any atom is 0.208 e. The van der Waals surface area contributed by atoms with Gasteiger partial charge in [0.15, 0.2) is 0 Å². The van der Waals surface area contributed by atoms with Gasteiger partial charge in [-0.25, -0.2) is 5.43 Å². The number of rotatable bonds is 3. The Balaban J connectivity index is 2.49. The molecule has 0 spiro atoms. The Morgan fingerprint density at radius 3 is 2.92 bits per heavy atom. The van der Waals surface area contributed by atoms with Gasteiger partial charge >= 0.3 is 0 Å². The van der Waals surface area contributed by atoms with Crippen molar-refractivity contribution in [2.45, 2.75) is 19.8 Å². The fourth-order valence-corrected chi connectivity index (χ4v) is 0.845. The average Bonchev–Trinajstić information content (AvgIpc) is 2.03. The maximum absolute atomic E-state index is 12.5. The first kappa shape index (κ1) is 9.91. The van der Waals surface area contributed by atoms with Crippen molar-refractivity contribution in [3.05, 3.63) is 12.0 Å². The molecule has 13 heavy (non-hydrogen) atoms. The molecule has 1 rings (SSSR count). The Morgan fingerprint density at radius 2 is 2.31 bits per heavy atom. The summed E-state index contributed by atoms with van der Waals surface area (Å²) >= 11 is 0. The minimum atomic E-state index is -0.767. The molecule has 6 heteroatoms. The zero-order valence-electron chi connectivity index (χ0n) is 7.35. The minimum absolute atomic E-state index is 0.0693. The van der Waals surface area contributed by atoms with Crippen LogP contribution < -0.4 is 10.9 Å². The third-order valence-electron chi connectivity index (χ3n) is 1.47. The van der Waals surface area contributed by atoms with E-state index < -0.39 is 5.95 Å². The molecule has 0 saturated carbocycles. The number of halogens is 2. The van der Waals surface area contributed by atoms with Crippen molar-refractivity contribution in [3.63, 3.8) is 0 Å². The first-order valence-corrected chi connectivity index (χ1v) is 4.13. The number of unbranched alkanes of at least 4 members (excludes halogenated alkanes) is 1. The molecule has 0 aromatic heterocycles. The van der Waals surface area contributed by atoms with Crippen LogP contribution in [0.3, 0.4) is 0 Å². The molecular weight excluding hydrogens is 178 g/mol. The number of nitrogens with zero attached hydrogens (tertiary/aromatic N) is 2. The predicted molar refractivity (Wildman–Crippen MR) is 45.6 cm³/mol. The highest BCUT2D eigenvalue weighted by atomic mass is 19.2. The van der Waals surface area contributed by atoms with Gasteiger partial charge in [-0.2, -0.15) is 4.39 Å².